The number of pyridine rings is 1. The van der Waals surface area contributed by atoms with Crippen molar-refractivity contribution in [1.29, 1.82) is 0 Å². The second-order valence-electron chi connectivity index (χ2n) is 4.97. The molecule has 3 nitrogen and oxygen atoms in total. The van der Waals surface area contributed by atoms with E-state index < -0.39 is 0 Å². The van der Waals surface area contributed by atoms with Crippen LogP contribution in [0.2, 0.25) is 0 Å². The van der Waals surface area contributed by atoms with Gasteiger partial charge in [0.1, 0.15) is 6.61 Å². The molecule has 3 aromatic rings. The summed E-state index contributed by atoms with van der Waals surface area (Å²) in [5.41, 5.74) is 5.53. The van der Waals surface area contributed by atoms with E-state index in [1.54, 1.807) is 6.20 Å². The Morgan fingerprint density at radius 1 is 1.19 bits per heavy atom. The van der Waals surface area contributed by atoms with Crippen LogP contribution in [0, 0.1) is 25.8 Å². The van der Waals surface area contributed by atoms with Crippen LogP contribution in [0.3, 0.4) is 0 Å². The molecule has 104 valence electrons. The molecule has 0 aliphatic heterocycles. The molecule has 1 N–H and O–H groups in total. The summed E-state index contributed by atoms with van der Waals surface area (Å²) in [6.45, 7) is 4.05. The summed E-state index contributed by atoms with van der Waals surface area (Å²) in [6.07, 6.45) is 3.60. The van der Waals surface area contributed by atoms with Gasteiger partial charge in [-0.1, -0.05) is 18.1 Å². The predicted molar refractivity (Wildman–Crippen MR) is 84.9 cm³/mol. The van der Waals surface area contributed by atoms with Gasteiger partial charge in [0.25, 0.3) is 0 Å². The SMILES string of the molecule is Cc1cccc2c1c(C)c(-c1cccnc1)n2C#CCO. The third-order valence-electron chi connectivity index (χ3n) is 3.65. The molecular formula is C18H16N2O. The highest BCUT2D eigenvalue weighted by Gasteiger charge is 2.16. The molecular weight excluding hydrogens is 260 g/mol. The van der Waals surface area contributed by atoms with Crippen molar-refractivity contribution in [2.24, 2.45) is 0 Å². The van der Waals surface area contributed by atoms with E-state index in [0.717, 1.165) is 16.8 Å². The lowest BCUT2D eigenvalue weighted by Gasteiger charge is -2.04. The topological polar surface area (TPSA) is 38.0 Å². The van der Waals surface area contributed by atoms with E-state index >= 15 is 0 Å². The fourth-order valence-corrected chi connectivity index (χ4v) is 2.81. The maximum atomic E-state index is 9.02. The van der Waals surface area contributed by atoms with Gasteiger partial charge in [0, 0.05) is 29.4 Å². The van der Waals surface area contributed by atoms with Crippen LogP contribution in [0.25, 0.3) is 22.2 Å². The maximum absolute atomic E-state index is 9.02. The average molecular weight is 276 g/mol. The summed E-state index contributed by atoms with van der Waals surface area (Å²) in [5, 5.41) is 10.2. The van der Waals surface area contributed by atoms with Crippen LogP contribution in [0.1, 0.15) is 11.1 Å². The van der Waals surface area contributed by atoms with Crippen molar-refractivity contribution in [3.05, 3.63) is 53.9 Å². The average Bonchev–Trinajstić information content (AvgIpc) is 2.79. The van der Waals surface area contributed by atoms with E-state index in [9.17, 15) is 0 Å². The predicted octanol–water partition coefficient (Wildman–Crippen LogP) is 3.12. The lowest BCUT2D eigenvalue weighted by Crippen LogP contribution is -1.94. The summed E-state index contributed by atoms with van der Waals surface area (Å²) >= 11 is 0. The molecule has 0 saturated heterocycles. The number of aliphatic hydroxyl groups excluding tert-OH is 1. The largest absolute Gasteiger partial charge is 0.384 e. The maximum Gasteiger partial charge on any atom is 0.106 e. The van der Waals surface area contributed by atoms with E-state index in [1.165, 1.54) is 16.5 Å². The smallest absolute Gasteiger partial charge is 0.106 e. The molecule has 2 heterocycles. The summed E-state index contributed by atoms with van der Waals surface area (Å²) in [7, 11) is 0. The number of nitrogens with zero attached hydrogens (tertiary/aromatic N) is 2. The number of rotatable bonds is 1. The number of benzene rings is 1. The zero-order valence-corrected chi connectivity index (χ0v) is 12.1. The van der Waals surface area contributed by atoms with Crippen molar-refractivity contribution in [3.8, 4) is 23.2 Å². The number of hydrogen-bond donors (Lipinski definition) is 1. The molecule has 21 heavy (non-hydrogen) atoms. The van der Waals surface area contributed by atoms with Crippen molar-refractivity contribution in [2.75, 3.05) is 6.61 Å². The second-order valence-corrected chi connectivity index (χ2v) is 4.97. The molecule has 0 amide bonds. The Bertz CT molecular complexity index is 852. The highest BCUT2D eigenvalue weighted by atomic mass is 16.2. The fourth-order valence-electron chi connectivity index (χ4n) is 2.81. The molecule has 0 bridgehead atoms. The van der Waals surface area contributed by atoms with Crippen molar-refractivity contribution >= 4 is 10.9 Å². The molecule has 0 aliphatic rings. The molecule has 1 aromatic carbocycles. The quantitative estimate of drug-likeness (QED) is 0.693. The highest BCUT2D eigenvalue weighted by molar-refractivity contribution is 5.94. The first kappa shape index (κ1) is 13.4. The molecule has 0 saturated carbocycles. The second kappa shape index (κ2) is 5.43. The van der Waals surface area contributed by atoms with Gasteiger partial charge in [-0.3, -0.25) is 9.55 Å². The van der Waals surface area contributed by atoms with Gasteiger partial charge >= 0.3 is 0 Å². The van der Waals surface area contributed by atoms with E-state index in [-0.39, 0.29) is 6.61 Å². The first-order valence-corrected chi connectivity index (χ1v) is 6.85. The third-order valence-corrected chi connectivity index (χ3v) is 3.65. The van der Waals surface area contributed by atoms with Crippen molar-refractivity contribution < 1.29 is 5.11 Å². The standard InChI is InChI=1S/C18H16N2O/c1-13-6-3-8-16-17(13)14(2)18(20(16)10-5-11-21)15-7-4-9-19-12-15/h3-4,6-9,12,21H,11H2,1-2H3. The normalized spacial score (nSPS) is 10.4. The van der Waals surface area contributed by atoms with Crippen LogP contribution in [-0.2, 0) is 0 Å². The van der Waals surface area contributed by atoms with Gasteiger partial charge in [-0.2, -0.15) is 0 Å². The van der Waals surface area contributed by atoms with Crippen LogP contribution in [0.5, 0.6) is 0 Å². The Balaban J connectivity index is 2.42. The molecule has 0 radical (unpaired) electrons. The molecule has 0 spiro atoms. The summed E-state index contributed by atoms with van der Waals surface area (Å²) in [5.74, 6) is 2.75. The number of aliphatic hydroxyl groups is 1. The minimum Gasteiger partial charge on any atom is -0.384 e. The van der Waals surface area contributed by atoms with Crippen molar-refractivity contribution in [1.82, 2.24) is 9.55 Å². The van der Waals surface area contributed by atoms with E-state index in [0.29, 0.717) is 0 Å². The first-order valence-electron chi connectivity index (χ1n) is 6.85. The first-order chi connectivity index (χ1) is 10.2. The minimum absolute atomic E-state index is 0.156. The Hall–Kier alpha value is -2.57. The zero-order chi connectivity index (χ0) is 14.8. The minimum atomic E-state index is -0.156. The summed E-state index contributed by atoms with van der Waals surface area (Å²) < 4.78 is 1.95. The molecule has 3 heteroatoms. The van der Waals surface area contributed by atoms with E-state index in [2.05, 4.69) is 42.9 Å². The molecule has 2 aromatic heterocycles. The summed E-state index contributed by atoms with van der Waals surface area (Å²) in [4.78, 5) is 4.21. The monoisotopic (exact) mass is 276 g/mol. The van der Waals surface area contributed by atoms with Crippen LogP contribution < -0.4 is 0 Å². The highest BCUT2D eigenvalue weighted by Crippen LogP contribution is 2.34. The lowest BCUT2D eigenvalue weighted by atomic mass is 10.0. The van der Waals surface area contributed by atoms with Gasteiger partial charge in [-0.25, -0.2) is 0 Å². The Morgan fingerprint density at radius 2 is 2.05 bits per heavy atom. The van der Waals surface area contributed by atoms with Gasteiger partial charge in [0.15, 0.2) is 0 Å². The number of fused-ring (bicyclic) bond motifs is 1. The van der Waals surface area contributed by atoms with Gasteiger partial charge in [-0.15, -0.1) is 0 Å². The van der Waals surface area contributed by atoms with E-state index in [4.69, 9.17) is 5.11 Å². The molecule has 0 atom stereocenters. The fraction of sp³-hybridized carbons (Fsp3) is 0.167. The van der Waals surface area contributed by atoms with Crippen LogP contribution >= 0.6 is 0 Å². The van der Waals surface area contributed by atoms with Gasteiger partial charge < -0.3 is 5.11 Å². The molecule has 0 aliphatic carbocycles. The van der Waals surface area contributed by atoms with Crippen molar-refractivity contribution in [3.63, 3.8) is 0 Å². The number of hydrogen-bond acceptors (Lipinski definition) is 2. The third kappa shape index (κ3) is 2.20. The summed E-state index contributed by atoms with van der Waals surface area (Å²) in [6, 6.07) is 13.2. The Labute approximate surface area is 123 Å². The number of aromatic nitrogens is 2. The van der Waals surface area contributed by atoms with Gasteiger partial charge in [-0.05, 0) is 43.2 Å². The zero-order valence-electron chi connectivity index (χ0n) is 12.1. The lowest BCUT2D eigenvalue weighted by molar-refractivity contribution is 0.350. The van der Waals surface area contributed by atoms with E-state index in [1.807, 2.05) is 29.0 Å². The molecule has 0 fully saturated rings. The Morgan fingerprint density at radius 3 is 2.76 bits per heavy atom. The Kier molecular flexibility index (Phi) is 3.47. The van der Waals surface area contributed by atoms with Crippen molar-refractivity contribution in [2.45, 2.75) is 13.8 Å². The molecule has 0 unspecified atom stereocenters. The van der Waals surface area contributed by atoms with Crippen LogP contribution in [0.15, 0.2) is 42.7 Å². The van der Waals surface area contributed by atoms with Gasteiger partial charge in [0.05, 0.1) is 11.2 Å². The van der Waals surface area contributed by atoms with Crippen LogP contribution in [0.4, 0.5) is 0 Å². The molecule has 3 rings (SSSR count). The number of aryl methyl sites for hydroxylation is 2. The van der Waals surface area contributed by atoms with Gasteiger partial charge in [0.2, 0.25) is 0 Å². The van der Waals surface area contributed by atoms with Crippen LogP contribution in [-0.4, -0.2) is 21.3 Å².